The van der Waals surface area contributed by atoms with E-state index < -0.39 is 0 Å². The van der Waals surface area contributed by atoms with Crippen LogP contribution in [-0.4, -0.2) is 23.0 Å². The van der Waals surface area contributed by atoms with Crippen LogP contribution in [0, 0.1) is 0 Å². The number of halogens is 1. The lowest BCUT2D eigenvalue weighted by Crippen LogP contribution is -2.40. The Hall–Kier alpha value is -3.37. The van der Waals surface area contributed by atoms with E-state index in [0.717, 1.165) is 59.8 Å². The number of hydrogen-bond acceptors (Lipinski definition) is 3. The van der Waals surface area contributed by atoms with Crippen molar-refractivity contribution in [1.29, 1.82) is 0 Å². The first-order valence-electron chi connectivity index (χ1n) is 11.9. The van der Waals surface area contributed by atoms with Crippen LogP contribution >= 0.6 is 11.6 Å². The van der Waals surface area contributed by atoms with Crippen molar-refractivity contribution in [3.05, 3.63) is 107 Å². The summed E-state index contributed by atoms with van der Waals surface area (Å²) in [6, 6.07) is 26.6. The number of carbonyl (C=O) groups is 1. The minimum absolute atomic E-state index is 0.0277. The predicted molar refractivity (Wildman–Crippen MR) is 140 cm³/mol. The highest BCUT2D eigenvalue weighted by Crippen LogP contribution is 2.28. The predicted octanol–water partition coefficient (Wildman–Crippen LogP) is 6.63. The first kappa shape index (κ1) is 22.4. The molecule has 1 aromatic heterocycles. The highest BCUT2D eigenvalue weighted by atomic mass is 35.5. The fraction of sp³-hybridized carbons (Fsp3) is 0.241. The van der Waals surface area contributed by atoms with E-state index in [9.17, 15) is 4.79 Å². The Balaban J connectivity index is 1.19. The number of rotatable bonds is 6. The third-order valence-corrected chi connectivity index (χ3v) is 6.86. The van der Waals surface area contributed by atoms with E-state index in [0.29, 0.717) is 11.1 Å². The van der Waals surface area contributed by atoms with Crippen molar-refractivity contribution < 1.29 is 4.79 Å². The van der Waals surface area contributed by atoms with Gasteiger partial charge in [-0.3, -0.25) is 9.78 Å². The van der Waals surface area contributed by atoms with Gasteiger partial charge in [0.1, 0.15) is 0 Å². The molecule has 5 heteroatoms. The highest BCUT2D eigenvalue weighted by Gasteiger charge is 2.24. The van der Waals surface area contributed by atoms with E-state index in [-0.39, 0.29) is 11.9 Å². The summed E-state index contributed by atoms with van der Waals surface area (Å²) in [5.74, 6) is 0.0277. The molecule has 1 amide bonds. The molecule has 1 aliphatic carbocycles. The Morgan fingerprint density at radius 2 is 1.62 bits per heavy atom. The van der Waals surface area contributed by atoms with Gasteiger partial charge in [-0.05, 0) is 73.6 Å². The summed E-state index contributed by atoms with van der Waals surface area (Å²) in [5.41, 5.74) is 5.02. The summed E-state index contributed by atoms with van der Waals surface area (Å²) in [6.45, 7) is 0. The average molecular weight is 470 g/mol. The van der Waals surface area contributed by atoms with Crippen molar-refractivity contribution in [2.24, 2.45) is 0 Å². The molecule has 0 saturated heterocycles. The fourth-order valence-electron chi connectivity index (χ4n) is 4.82. The van der Waals surface area contributed by atoms with E-state index in [2.05, 4.69) is 33.8 Å². The van der Waals surface area contributed by atoms with Gasteiger partial charge in [0.2, 0.25) is 0 Å². The van der Waals surface area contributed by atoms with Gasteiger partial charge in [0.05, 0.1) is 5.52 Å². The number of hydrogen-bond donors (Lipinski definition) is 2. The van der Waals surface area contributed by atoms with Gasteiger partial charge < -0.3 is 10.6 Å². The van der Waals surface area contributed by atoms with Crippen molar-refractivity contribution in [2.45, 2.75) is 44.2 Å². The van der Waals surface area contributed by atoms with Gasteiger partial charge in [-0.1, -0.05) is 60.1 Å². The van der Waals surface area contributed by atoms with Crippen LogP contribution in [0.3, 0.4) is 0 Å². The van der Waals surface area contributed by atoms with Crippen LogP contribution in [-0.2, 0) is 6.42 Å². The molecule has 3 aromatic carbocycles. The topological polar surface area (TPSA) is 54.0 Å². The van der Waals surface area contributed by atoms with Crippen LogP contribution in [0.15, 0.2) is 85.1 Å². The van der Waals surface area contributed by atoms with E-state index in [4.69, 9.17) is 11.6 Å². The third kappa shape index (κ3) is 5.23. The lowest BCUT2D eigenvalue weighted by Gasteiger charge is -2.30. The number of benzene rings is 3. The summed E-state index contributed by atoms with van der Waals surface area (Å²) < 4.78 is 0. The normalized spacial score (nSPS) is 17.9. The summed E-state index contributed by atoms with van der Waals surface area (Å²) in [7, 11) is 0. The first-order valence-corrected chi connectivity index (χ1v) is 12.3. The van der Waals surface area contributed by atoms with Gasteiger partial charge in [0.15, 0.2) is 0 Å². The zero-order chi connectivity index (χ0) is 23.3. The van der Waals surface area contributed by atoms with Crippen molar-refractivity contribution in [2.75, 3.05) is 5.32 Å². The molecule has 1 aliphatic rings. The molecule has 0 atom stereocenters. The molecule has 34 heavy (non-hydrogen) atoms. The van der Waals surface area contributed by atoms with Crippen LogP contribution in [0.2, 0.25) is 5.02 Å². The molecule has 0 spiro atoms. The molecule has 4 nitrogen and oxygen atoms in total. The van der Waals surface area contributed by atoms with Gasteiger partial charge in [-0.15, -0.1) is 0 Å². The largest absolute Gasteiger partial charge is 0.382 e. The molecular weight excluding hydrogens is 442 g/mol. The van der Waals surface area contributed by atoms with Crippen molar-refractivity contribution in [3.63, 3.8) is 0 Å². The molecule has 0 aliphatic heterocycles. The second-order valence-electron chi connectivity index (χ2n) is 9.01. The van der Waals surface area contributed by atoms with Gasteiger partial charge in [-0.25, -0.2) is 0 Å². The molecule has 4 aromatic rings. The van der Waals surface area contributed by atoms with E-state index in [1.807, 2.05) is 66.9 Å². The quantitative estimate of drug-likeness (QED) is 0.333. The van der Waals surface area contributed by atoms with Gasteiger partial charge in [0, 0.05) is 39.9 Å². The van der Waals surface area contributed by atoms with Crippen LogP contribution in [0.4, 0.5) is 5.69 Å². The number of amides is 1. The van der Waals surface area contributed by atoms with E-state index in [1.165, 1.54) is 5.56 Å². The Morgan fingerprint density at radius 3 is 2.44 bits per heavy atom. The Bertz CT molecular complexity index is 1280. The zero-order valence-corrected chi connectivity index (χ0v) is 19.8. The molecule has 0 unspecified atom stereocenters. The molecule has 5 rings (SSSR count). The monoisotopic (exact) mass is 469 g/mol. The summed E-state index contributed by atoms with van der Waals surface area (Å²) >= 11 is 6.12. The number of aromatic nitrogens is 1. The summed E-state index contributed by atoms with van der Waals surface area (Å²) in [5, 5.41) is 8.75. The van der Waals surface area contributed by atoms with Gasteiger partial charge >= 0.3 is 0 Å². The van der Waals surface area contributed by atoms with Crippen LogP contribution < -0.4 is 10.6 Å². The number of nitrogens with one attached hydrogen (secondary N) is 2. The van der Waals surface area contributed by atoms with Crippen molar-refractivity contribution in [1.82, 2.24) is 10.3 Å². The summed E-state index contributed by atoms with van der Waals surface area (Å²) in [6.07, 6.45) is 6.51. The first-order chi connectivity index (χ1) is 16.7. The van der Waals surface area contributed by atoms with Crippen LogP contribution in [0.1, 0.15) is 47.2 Å². The van der Waals surface area contributed by atoms with Crippen molar-refractivity contribution >= 4 is 34.1 Å². The molecule has 0 radical (unpaired) electrons. The number of nitrogens with zero attached hydrogens (tertiary/aromatic N) is 1. The third-order valence-electron chi connectivity index (χ3n) is 6.63. The van der Waals surface area contributed by atoms with E-state index in [1.54, 1.807) is 0 Å². The minimum atomic E-state index is 0.0277. The van der Waals surface area contributed by atoms with Crippen LogP contribution in [0.25, 0.3) is 10.9 Å². The van der Waals surface area contributed by atoms with Crippen LogP contribution in [0.5, 0.6) is 0 Å². The zero-order valence-electron chi connectivity index (χ0n) is 19.0. The Kier molecular flexibility index (Phi) is 6.77. The standard InChI is InChI=1S/C29H28ClN3O/c30-22-10-15-26-27(16-17-31-28(26)19-22)32-23-11-13-24(14-12-23)33-29(34)25-9-5-4-8-21(25)18-20-6-2-1-3-7-20/h1-10,15-17,19,23-24H,11-14,18H2,(H,31,32)(H,33,34)/t23-,24+. The Labute approximate surface area is 205 Å². The molecule has 1 saturated carbocycles. The molecule has 0 bridgehead atoms. The second-order valence-corrected chi connectivity index (χ2v) is 9.44. The lowest BCUT2D eigenvalue weighted by atomic mass is 9.90. The molecule has 172 valence electrons. The number of pyridine rings is 1. The van der Waals surface area contributed by atoms with Crippen molar-refractivity contribution in [3.8, 4) is 0 Å². The minimum Gasteiger partial charge on any atom is -0.382 e. The molecule has 1 heterocycles. The molecule has 2 N–H and O–H groups in total. The lowest BCUT2D eigenvalue weighted by molar-refractivity contribution is 0.0926. The van der Waals surface area contributed by atoms with Gasteiger partial charge in [0.25, 0.3) is 5.91 Å². The fourth-order valence-corrected chi connectivity index (χ4v) is 4.99. The second kappa shape index (κ2) is 10.3. The maximum absolute atomic E-state index is 13.1. The number of fused-ring (bicyclic) bond motifs is 1. The van der Waals surface area contributed by atoms with Gasteiger partial charge in [-0.2, -0.15) is 0 Å². The molecule has 1 fully saturated rings. The average Bonchev–Trinajstić information content (AvgIpc) is 2.86. The van der Waals surface area contributed by atoms with E-state index >= 15 is 0 Å². The smallest absolute Gasteiger partial charge is 0.251 e. The summed E-state index contributed by atoms with van der Waals surface area (Å²) in [4.78, 5) is 17.6. The maximum atomic E-state index is 13.1. The highest BCUT2D eigenvalue weighted by molar-refractivity contribution is 6.31. The number of anilines is 1. The maximum Gasteiger partial charge on any atom is 0.251 e. The SMILES string of the molecule is O=C(N[C@H]1CC[C@@H](Nc2ccnc3cc(Cl)ccc23)CC1)c1ccccc1Cc1ccccc1. The number of carbonyl (C=O) groups excluding carboxylic acids is 1. The molecular formula is C29H28ClN3O. The Morgan fingerprint density at radius 1 is 0.882 bits per heavy atom.